The first-order valence-electron chi connectivity index (χ1n) is 5.96. The average Bonchev–Trinajstić information content (AvgIpc) is 2.15. The van der Waals surface area contributed by atoms with E-state index in [1.54, 1.807) is 22.6 Å². The highest BCUT2D eigenvalue weighted by Crippen LogP contribution is 2.31. The molecule has 0 aromatic carbocycles. The van der Waals surface area contributed by atoms with E-state index in [9.17, 15) is 9.59 Å². The summed E-state index contributed by atoms with van der Waals surface area (Å²) in [5, 5.41) is 2.77. The van der Waals surface area contributed by atoms with Crippen molar-refractivity contribution in [3.05, 3.63) is 0 Å². The minimum absolute atomic E-state index is 0.000610. The second-order valence-corrected chi connectivity index (χ2v) is 6.52. The predicted molar refractivity (Wildman–Crippen MR) is 74.2 cm³/mol. The fraction of sp³-hybridized carbons (Fsp3) is 0.833. The topological polar surface area (TPSA) is 55.4 Å². The summed E-state index contributed by atoms with van der Waals surface area (Å²) in [6, 6.07) is 0. The van der Waals surface area contributed by atoms with Crippen LogP contribution in [0.3, 0.4) is 0 Å². The van der Waals surface area contributed by atoms with Crippen molar-refractivity contribution in [1.82, 2.24) is 5.32 Å². The number of ether oxygens (including phenoxy) is 1. The Morgan fingerprint density at radius 1 is 1.18 bits per heavy atom. The zero-order valence-corrected chi connectivity index (χ0v) is 12.8. The normalized spacial score (nSPS) is 19.5. The zero-order valence-electron chi connectivity index (χ0n) is 10.6. The molecule has 17 heavy (non-hydrogen) atoms. The molecule has 1 aliphatic carbocycles. The second-order valence-electron chi connectivity index (χ2n) is 5.54. The summed E-state index contributed by atoms with van der Waals surface area (Å²) in [6.07, 6.45) is 4.02. The molecule has 98 valence electrons. The zero-order chi connectivity index (χ0) is 13.1. The molecule has 4 nitrogen and oxygen atoms in total. The van der Waals surface area contributed by atoms with E-state index < -0.39 is 17.2 Å². The van der Waals surface area contributed by atoms with Crippen LogP contribution in [0, 0.1) is 0 Å². The first-order valence-corrected chi connectivity index (χ1v) is 7.04. The van der Waals surface area contributed by atoms with E-state index in [1.807, 2.05) is 20.8 Å². The third kappa shape index (κ3) is 4.44. The molecule has 0 aromatic rings. The van der Waals surface area contributed by atoms with Gasteiger partial charge in [0.25, 0.3) is 0 Å². The van der Waals surface area contributed by atoms with E-state index >= 15 is 0 Å². The van der Waals surface area contributed by atoms with Gasteiger partial charge in [-0.25, -0.2) is 4.79 Å². The first-order chi connectivity index (χ1) is 7.75. The van der Waals surface area contributed by atoms with E-state index in [0.717, 1.165) is 19.3 Å². The van der Waals surface area contributed by atoms with Crippen molar-refractivity contribution in [1.29, 1.82) is 0 Å². The molecular weight excluding hydrogens is 333 g/mol. The Hall–Kier alpha value is -0.330. The molecule has 0 aromatic heterocycles. The lowest BCUT2D eigenvalue weighted by atomic mass is 9.83. The molecule has 0 radical (unpaired) electrons. The lowest BCUT2D eigenvalue weighted by Gasteiger charge is -2.35. The van der Waals surface area contributed by atoms with Crippen LogP contribution < -0.4 is 5.32 Å². The smallest absolute Gasteiger partial charge is 0.408 e. The molecule has 0 bridgehead atoms. The maximum Gasteiger partial charge on any atom is 0.408 e. The molecule has 1 fully saturated rings. The van der Waals surface area contributed by atoms with Crippen LogP contribution in [0.4, 0.5) is 4.79 Å². The average molecular weight is 353 g/mol. The van der Waals surface area contributed by atoms with Crippen LogP contribution in [0.5, 0.6) is 0 Å². The van der Waals surface area contributed by atoms with Gasteiger partial charge in [0.05, 0.1) is 0 Å². The van der Waals surface area contributed by atoms with E-state index in [2.05, 4.69) is 5.32 Å². The summed E-state index contributed by atoms with van der Waals surface area (Å²) < 4.78 is 5.21. The molecule has 5 heteroatoms. The molecule has 1 saturated carbocycles. The fourth-order valence-corrected chi connectivity index (χ4v) is 2.70. The molecule has 1 aliphatic rings. The molecule has 1 amide bonds. The van der Waals surface area contributed by atoms with Crippen molar-refractivity contribution in [2.75, 3.05) is 0 Å². The quantitative estimate of drug-likeness (QED) is 0.613. The Morgan fingerprint density at radius 2 is 1.71 bits per heavy atom. The van der Waals surface area contributed by atoms with Crippen LogP contribution in [0.25, 0.3) is 0 Å². The molecule has 0 aliphatic heterocycles. The highest BCUT2D eigenvalue weighted by Gasteiger charge is 2.40. The third-order valence-corrected chi connectivity index (χ3v) is 3.86. The number of alkyl carbamates (subject to hydrolysis) is 1. The largest absolute Gasteiger partial charge is 0.444 e. The van der Waals surface area contributed by atoms with Gasteiger partial charge >= 0.3 is 6.09 Å². The molecule has 0 atom stereocenters. The van der Waals surface area contributed by atoms with Gasteiger partial charge in [0.15, 0.2) is 0 Å². The molecule has 0 heterocycles. The van der Waals surface area contributed by atoms with Gasteiger partial charge < -0.3 is 10.1 Å². The monoisotopic (exact) mass is 353 g/mol. The van der Waals surface area contributed by atoms with Crippen molar-refractivity contribution in [2.24, 2.45) is 0 Å². The van der Waals surface area contributed by atoms with Crippen LogP contribution in [0.15, 0.2) is 0 Å². The summed E-state index contributed by atoms with van der Waals surface area (Å²) in [5.74, 6) is 0. The lowest BCUT2D eigenvalue weighted by Crippen LogP contribution is -2.54. The standard InChI is InChI=1S/C12H20INO3/c1-11(2,3)17-10(16)14-12(9(13)15)7-5-4-6-8-12/h4-8H2,1-3H3,(H,14,16). The number of halogens is 1. The Kier molecular flexibility index (Phi) is 4.80. The van der Waals surface area contributed by atoms with Gasteiger partial charge in [0, 0.05) is 22.6 Å². The highest BCUT2D eigenvalue weighted by molar-refractivity contribution is 14.1. The summed E-state index contributed by atoms with van der Waals surface area (Å²) in [6.45, 7) is 5.43. The SMILES string of the molecule is CC(C)(C)OC(=O)NC1(C(=O)I)CCCCC1. The lowest BCUT2D eigenvalue weighted by molar-refractivity contribution is -0.116. The predicted octanol–water partition coefficient (Wildman–Crippen LogP) is 3.18. The number of nitrogens with one attached hydrogen (secondary N) is 1. The van der Waals surface area contributed by atoms with E-state index in [4.69, 9.17) is 4.74 Å². The molecule has 0 unspecified atom stereocenters. The molecule has 1 N–H and O–H groups in total. The van der Waals surface area contributed by atoms with E-state index in [0.29, 0.717) is 12.8 Å². The van der Waals surface area contributed by atoms with Crippen LogP contribution >= 0.6 is 22.6 Å². The Balaban J connectivity index is 2.67. The Bertz CT molecular complexity index is 303. The van der Waals surface area contributed by atoms with Crippen LogP contribution in [0.1, 0.15) is 52.9 Å². The third-order valence-electron chi connectivity index (χ3n) is 2.82. The number of carbonyl (C=O) groups is 2. The van der Waals surface area contributed by atoms with Crippen molar-refractivity contribution < 1.29 is 14.3 Å². The van der Waals surface area contributed by atoms with Gasteiger partial charge in [-0.2, -0.15) is 0 Å². The van der Waals surface area contributed by atoms with Crippen molar-refractivity contribution in [3.8, 4) is 0 Å². The van der Waals surface area contributed by atoms with E-state index in [1.165, 1.54) is 0 Å². The van der Waals surface area contributed by atoms with Gasteiger partial charge in [0.1, 0.15) is 11.1 Å². The fourth-order valence-electron chi connectivity index (χ4n) is 2.02. The minimum Gasteiger partial charge on any atom is -0.444 e. The summed E-state index contributed by atoms with van der Waals surface area (Å²) in [5.41, 5.74) is -1.24. The van der Waals surface area contributed by atoms with Crippen molar-refractivity contribution in [2.45, 2.75) is 64.0 Å². The van der Waals surface area contributed by atoms with Gasteiger partial charge in [-0.3, -0.25) is 4.79 Å². The summed E-state index contributed by atoms with van der Waals surface area (Å²) in [7, 11) is 0. The maximum atomic E-state index is 11.7. The van der Waals surface area contributed by atoms with E-state index in [-0.39, 0.29) is 3.79 Å². The number of amides is 1. The molecule has 0 spiro atoms. The Labute approximate surface area is 116 Å². The highest BCUT2D eigenvalue weighted by atomic mass is 127. The van der Waals surface area contributed by atoms with Crippen LogP contribution in [-0.4, -0.2) is 21.0 Å². The Morgan fingerprint density at radius 3 is 2.12 bits per heavy atom. The maximum absolute atomic E-state index is 11.7. The summed E-state index contributed by atoms with van der Waals surface area (Å²) in [4.78, 5) is 23.5. The van der Waals surface area contributed by atoms with Gasteiger partial charge in [-0.15, -0.1) is 0 Å². The van der Waals surface area contributed by atoms with Crippen LogP contribution in [-0.2, 0) is 9.53 Å². The van der Waals surface area contributed by atoms with Crippen molar-refractivity contribution >= 4 is 32.5 Å². The first kappa shape index (κ1) is 14.7. The van der Waals surface area contributed by atoms with Gasteiger partial charge in [0.2, 0.25) is 3.79 Å². The second kappa shape index (κ2) is 5.54. The number of hydrogen-bond acceptors (Lipinski definition) is 3. The number of rotatable bonds is 2. The molecule has 1 rings (SSSR count). The number of carbonyl (C=O) groups excluding carboxylic acids is 2. The van der Waals surface area contributed by atoms with Gasteiger partial charge in [-0.05, 0) is 33.6 Å². The molecule has 0 saturated heterocycles. The summed E-state index contributed by atoms with van der Waals surface area (Å²) >= 11 is 1.78. The molecular formula is C12H20INO3. The number of hydrogen-bond donors (Lipinski definition) is 1. The van der Waals surface area contributed by atoms with Gasteiger partial charge in [-0.1, -0.05) is 19.3 Å². The minimum atomic E-state index is -0.707. The van der Waals surface area contributed by atoms with Crippen LogP contribution in [0.2, 0.25) is 0 Å². The van der Waals surface area contributed by atoms with Crippen molar-refractivity contribution in [3.63, 3.8) is 0 Å².